The van der Waals surface area contributed by atoms with Crippen molar-refractivity contribution < 1.29 is 18.1 Å². The summed E-state index contributed by atoms with van der Waals surface area (Å²) in [5.41, 5.74) is -1.41. The molecule has 0 saturated carbocycles. The Morgan fingerprint density at radius 2 is 1.60 bits per heavy atom. The van der Waals surface area contributed by atoms with Gasteiger partial charge in [-0.1, -0.05) is 34.8 Å². The molecule has 14 heteroatoms. The van der Waals surface area contributed by atoms with Crippen LogP contribution in [0.3, 0.4) is 0 Å². The maximum atomic E-state index is 12.8. The first-order valence-corrected chi connectivity index (χ1v) is 8.91. The lowest BCUT2D eigenvalue weighted by molar-refractivity contribution is -0.383. The van der Waals surface area contributed by atoms with Gasteiger partial charge in [0.25, 0.3) is 0 Å². The molecule has 0 bridgehead atoms. The van der Waals surface area contributed by atoms with Gasteiger partial charge in [-0.25, -0.2) is 15.0 Å². The molecule has 8 nitrogen and oxygen atoms in total. The van der Waals surface area contributed by atoms with Crippen molar-refractivity contribution in [3.05, 3.63) is 67.5 Å². The Kier molecular flexibility index (Phi) is 6.15. The Morgan fingerprint density at radius 3 is 2.17 bits per heavy atom. The molecule has 2 heterocycles. The molecular formula is C16H8Cl3F3N6O2. The van der Waals surface area contributed by atoms with E-state index in [-0.39, 0.29) is 28.2 Å². The molecule has 2 aromatic heterocycles. The fraction of sp³-hybridized carbons (Fsp3) is 0.0625. The zero-order valence-electron chi connectivity index (χ0n) is 14.3. The highest BCUT2D eigenvalue weighted by molar-refractivity contribution is 6.36. The molecule has 0 spiro atoms. The van der Waals surface area contributed by atoms with Gasteiger partial charge in [-0.2, -0.15) is 13.2 Å². The first kappa shape index (κ1) is 21.8. The average Bonchev–Trinajstić information content (AvgIpc) is 2.64. The SMILES string of the molecule is O=[N+]([O-])c1c(Nc2ccc(Cl)cc2Cl)ncnc1Nc1ncc(C(F)(F)F)cc1Cl. The van der Waals surface area contributed by atoms with Crippen molar-refractivity contribution in [3.8, 4) is 0 Å². The molecule has 0 fully saturated rings. The van der Waals surface area contributed by atoms with E-state index in [0.29, 0.717) is 17.3 Å². The molecule has 2 N–H and O–H groups in total. The molecule has 0 aliphatic heterocycles. The number of halogens is 6. The number of hydrogen-bond acceptors (Lipinski definition) is 7. The molecule has 0 amide bonds. The van der Waals surface area contributed by atoms with E-state index in [1.807, 2.05) is 0 Å². The summed E-state index contributed by atoms with van der Waals surface area (Å²) < 4.78 is 38.3. The van der Waals surface area contributed by atoms with Crippen molar-refractivity contribution in [1.82, 2.24) is 15.0 Å². The number of hydrogen-bond donors (Lipinski definition) is 2. The van der Waals surface area contributed by atoms with Gasteiger partial charge < -0.3 is 10.6 Å². The number of nitro groups is 1. The fourth-order valence-electron chi connectivity index (χ4n) is 2.25. The lowest BCUT2D eigenvalue weighted by Crippen LogP contribution is -2.08. The molecule has 3 rings (SSSR count). The second-order valence-corrected chi connectivity index (χ2v) is 6.85. The van der Waals surface area contributed by atoms with Crippen molar-refractivity contribution in [2.24, 2.45) is 0 Å². The monoisotopic (exact) mass is 478 g/mol. The van der Waals surface area contributed by atoms with E-state index in [4.69, 9.17) is 34.8 Å². The Bertz CT molecular complexity index is 1130. The van der Waals surface area contributed by atoms with Crippen molar-refractivity contribution in [3.63, 3.8) is 0 Å². The third kappa shape index (κ3) is 4.81. The number of rotatable bonds is 5. The molecule has 1 aromatic carbocycles. The first-order valence-electron chi connectivity index (χ1n) is 7.77. The van der Waals surface area contributed by atoms with Crippen molar-refractivity contribution in [2.75, 3.05) is 10.6 Å². The van der Waals surface area contributed by atoms with Crippen LogP contribution in [-0.2, 0) is 6.18 Å². The average molecular weight is 480 g/mol. The van der Waals surface area contributed by atoms with Gasteiger partial charge in [-0.15, -0.1) is 0 Å². The number of alkyl halides is 3. The van der Waals surface area contributed by atoms with Crippen LogP contribution in [0.25, 0.3) is 0 Å². The van der Waals surface area contributed by atoms with Crippen LogP contribution in [0, 0.1) is 10.1 Å². The van der Waals surface area contributed by atoms with Gasteiger partial charge in [0.2, 0.25) is 11.6 Å². The number of pyridine rings is 1. The van der Waals surface area contributed by atoms with Crippen LogP contribution in [0.15, 0.2) is 36.8 Å². The summed E-state index contributed by atoms with van der Waals surface area (Å²) in [6.45, 7) is 0. The smallest absolute Gasteiger partial charge is 0.333 e. The van der Waals surface area contributed by atoms with Gasteiger partial charge in [0.15, 0.2) is 5.82 Å². The Balaban J connectivity index is 1.98. The minimum absolute atomic E-state index is 0.178. The minimum atomic E-state index is -4.65. The molecule has 30 heavy (non-hydrogen) atoms. The van der Waals surface area contributed by atoms with E-state index in [1.165, 1.54) is 18.2 Å². The predicted molar refractivity (Wildman–Crippen MR) is 106 cm³/mol. The third-order valence-electron chi connectivity index (χ3n) is 3.59. The van der Waals surface area contributed by atoms with Gasteiger partial charge in [0.05, 0.1) is 26.2 Å². The first-order chi connectivity index (χ1) is 14.1. The van der Waals surface area contributed by atoms with Crippen LogP contribution >= 0.6 is 34.8 Å². The topological polar surface area (TPSA) is 106 Å². The van der Waals surface area contributed by atoms with E-state index in [9.17, 15) is 23.3 Å². The van der Waals surface area contributed by atoms with Crippen molar-refractivity contribution in [1.29, 1.82) is 0 Å². The quantitative estimate of drug-likeness (QED) is 0.329. The van der Waals surface area contributed by atoms with E-state index < -0.39 is 27.4 Å². The number of benzene rings is 1. The molecule has 0 unspecified atom stereocenters. The van der Waals surface area contributed by atoms with Crippen LogP contribution in [0.2, 0.25) is 15.1 Å². The van der Waals surface area contributed by atoms with Crippen molar-refractivity contribution >= 4 is 63.6 Å². The van der Waals surface area contributed by atoms with Crippen LogP contribution in [-0.4, -0.2) is 19.9 Å². The molecular weight excluding hydrogens is 472 g/mol. The highest BCUT2D eigenvalue weighted by Gasteiger charge is 2.32. The summed E-state index contributed by atoms with van der Waals surface area (Å²) in [5, 5.41) is 16.9. The summed E-state index contributed by atoms with van der Waals surface area (Å²) >= 11 is 17.7. The van der Waals surface area contributed by atoms with E-state index in [2.05, 4.69) is 25.6 Å². The Labute approximate surface area is 181 Å². The highest BCUT2D eigenvalue weighted by Crippen LogP contribution is 2.37. The number of nitrogens with one attached hydrogen (secondary N) is 2. The van der Waals surface area contributed by atoms with Gasteiger partial charge in [-0.3, -0.25) is 10.1 Å². The van der Waals surface area contributed by atoms with Gasteiger partial charge in [-0.05, 0) is 24.3 Å². The molecule has 0 aliphatic rings. The molecule has 3 aromatic rings. The molecule has 0 atom stereocenters. The largest absolute Gasteiger partial charge is 0.417 e. The maximum absolute atomic E-state index is 12.8. The summed E-state index contributed by atoms with van der Waals surface area (Å²) in [5.74, 6) is -0.844. The molecule has 0 radical (unpaired) electrons. The van der Waals surface area contributed by atoms with E-state index in [0.717, 1.165) is 6.33 Å². The van der Waals surface area contributed by atoms with Gasteiger partial charge in [0.1, 0.15) is 6.33 Å². The van der Waals surface area contributed by atoms with Crippen LogP contribution in [0.4, 0.5) is 42.0 Å². The Morgan fingerprint density at radius 1 is 0.933 bits per heavy atom. The lowest BCUT2D eigenvalue weighted by Gasteiger charge is -2.12. The fourth-order valence-corrected chi connectivity index (χ4v) is 2.92. The summed E-state index contributed by atoms with van der Waals surface area (Å²) in [4.78, 5) is 22.0. The van der Waals surface area contributed by atoms with Gasteiger partial charge >= 0.3 is 11.9 Å². The van der Waals surface area contributed by atoms with Crippen molar-refractivity contribution in [2.45, 2.75) is 6.18 Å². The standard InChI is InChI=1S/C16H8Cl3F3N6O2/c17-8-1-2-11(9(18)4-8)26-14-12(28(29)30)15(25-6-24-14)27-13-10(19)3-7(5-23-13)16(20,21)22/h1-6H,(H2,23,24,25,26,27). The molecule has 0 aliphatic carbocycles. The highest BCUT2D eigenvalue weighted by atomic mass is 35.5. The van der Waals surface area contributed by atoms with Gasteiger partial charge in [0, 0.05) is 11.2 Å². The third-order valence-corrected chi connectivity index (χ3v) is 4.43. The van der Waals surface area contributed by atoms with Crippen LogP contribution in [0.1, 0.15) is 5.56 Å². The summed E-state index contributed by atoms with van der Waals surface area (Å²) in [6, 6.07) is 5.05. The summed E-state index contributed by atoms with van der Waals surface area (Å²) in [7, 11) is 0. The van der Waals surface area contributed by atoms with Crippen LogP contribution < -0.4 is 10.6 Å². The zero-order chi connectivity index (χ0) is 22.1. The van der Waals surface area contributed by atoms with Crippen LogP contribution in [0.5, 0.6) is 0 Å². The number of nitrogens with zero attached hydrogens (tertiary/aromatic N) is 4. The molecule has 0 saturated heterocycles. The number of aromatic nitrogens is 3. The second-order valence-electron chi connectivity index (χ2n) is 5.60. The Hall–Kier alpha value is -2.89. The zero-order valence-corrected chi connectivity index (χ0v) is 16.6. The normalized spacial score (nSPS) is 11.3. The molecule has 156 valence electrons. The minimum Gasteiger partial charge on any atom is -0.333 e. The predicted octanol–water partition coefficient (Wildman–Crippen LogP) is 6.25. The van der Waals surface area contributed by atoms with E-state index >= 15 is 0 Å². The number of anilines is 4. The maximum Gasteiger partial charge on any atom is 0.417 e. The second kappa shape index (κ2) is 8.46. The van der Waals surface area contributed by atoms with E-state index in [1.54, 1.807) is 0 Å². The lowest BCUT2D eigenvalue weighted by atomic mass is 10.2. The summed E-state index contributed by atoms with van der Waals surface area (Å²) in [6.07, 6.45) is -3.11.